The highest BCUT2D eigenvalue weighted by molar-refractivity contribution is 6.09. The molecule has 0 spiro atoms. The number of carbonyl (C=O) groups excluding carboxylic acids is 2. The van der Waals surface area contributed by atoms with Gasteiger partial charge in [0.15, 0.2) is 5.78 Å². The van der Waals surface area contributed by atoms with E-state index in [0.29, 0.717) is 29.9 Å². The van der Waals surface area contributed by atoms with Gasteiger partial charge in [0.05, 0.1) is 19.3 Å². The number of ketones is 1. The summed E-state index contributed by atoms with van der Waals surface area (Å²) >= 11 is 0. The van der Waals surface area contributed by atoms with Crippen molar-refractivity contribution >= 4 is 17.5 Å². The number of rotatable bonds is 7. The fourth-order valence-corrected chi connectivity index (χ4v) is 5.22. The molecule has 0 saturated carbocycles. The molecular weight excluding hydrogens is 454 g/mol. The van der Waals surface area contributed by atoms with Gasteiger partial charge in [0, 0.05) is 34.9 Å². The Morgan fingerprint density at radius 1 is 0.972 bits per heavy atom. The van der Waals surface area contributed by atoms with Gasteiger partial charge in [-0.2, -0.15) is 0 Å². The first-order valence-electron chi connectivity index (χ1n) is 12.6. The molecule has 4 rings (SSSR count). The summed E-state index contributed by atoms with van der Waals surface area (Å²) in [5, 5.41) is 0. The Morgan fingerprint density at radius 3 is 2.31 bits per heavy atom. The molecule has 2 aliphatic rings. The average molecular weight is 490 g/mol. The Bertz CT molecular complexity index is 1190. The number of esters is 1. The Hall–Kier alpha value is -3.41. The van der Waals surface area contributed by atoms with Gasteiger partial charge in [-0.1, -0.05) is 30.3 Å². The molecule has 0 radical (unpaired) electrons. The van der Waals surface area contributed by atoms with Crippen molar-refractivity contribution in [2.24, 2.45) is 10.9 Å². The predicted octanol–water partition coefficient (Wildman–Crippen LogP) is 6.01. The molecule has 1 unspecified atom stereocenters. The van der Waals surface area contributed by atoms with Crippen LogP contribution >= 0.6 is 0 Å². The quantitative estimate of drug-likeness (QED) is 0.445. The number of carbonyl (C=O) groups is 2. The molecule has 0 aromatic heterocycles. The zero-order valence-electron chi connectivity index (χ0n) is 21.9. The van der Waals surface area contributed by atoms with Gasteiger partial charge in [0.1, 0.15) is 17.4 Å². The number of ether oxygens (including phenoxy) is 3. The summed E-state index contributed by atoms with van der Waals surface area (Å²) in [6.07, 6.45) is 0.654. The molecule has 2 aromatic carbocycles. The normalized spacial score (nSPS) is 21.8. The summed E-state index contributed by atoms with van der Waals surface area (Å²) in [7, 11) is 1.64. The van der Waals surface area contributed by atoms with Crippen LogP contribution in [0.4, 0.5) is 0 Å². The second-order valence-electron chi connectivity index (χ2n) is 10.1. The van der Waals surface area contributed by atoms with Gasteiger partial charge < -0.3 is 14.2 Å². The molecule has 0 fully saturated rings. The molecule has 0 N–H and O–H groups in total. The van der Waals surface area contributed by atoms with Crippen LogP contribution in [0.2, 0.25) is 0 Å². The number of Topliss-reactive ketones (excluding diaryl/α,β-unsaturated/α-hetero) is 1. The molecule has 36 heavy (non-hydrogen) atoms. The number of allylic oxidation sites excluding steroid dienone is 2. The zero-order chi connectivity index (χ0) is 26.0. The van der Waals surface area contributed by atoms with E-state index in [2.05, 4.69) is 0 Å². The minimum atomic E-state index is -0.690. The van der Waals surface area contributed by atoms with Crippen molar-refractivity contribution < 1.29 is 23.8 Å². The summed E-state index contributed by atoms with van der Waals surface area (Å²) < 4.78 is 17.1. The Morgan fingerprint density at radius 2 is 1.67 bits per heavy atom. The molecule has 0 bridgehead atoms. The molecule has 190 valence electrons. The smallest absolute Gasteiger partial charge is 0.315 e. The lowest BCUT2D eigenvalue weighted by atomic mass is 9.69. The van der Waals surface area contributed by atoms with Crippen molar-refractivity contribution in [1.29, 1.82) is 0 Å². The van der Waals surface area contributed by atoms with Gasteiger partial charge in [0.25, 0.3) is 0 Å². The van der Waals surface area contributed by atoms with Gasteiger partial charge in [-0.25, -0.2) is 0 Å². The van der Waals surface area contributed by atoms with E-state index in [1.54, 1.807) is 7.11 Å². The van der Waals surface area contributed by atoms with Crippen LogP contribution in [0.3, 0.4) is 0 Å². The first-order chi connectivity index (χ1) is 17.2. The number of nitrogens with zero attached hydrogens (tertiary/aromatic N) is 1. The van der Waals surface area contributed by atoms with Gasteiger partial charge in [-0.3, -0.25) is 14.6 Å². The van der Waals surface area contributed by atoms with Crippen molar-refractivity contribution in [3.8, 4) is 11.5 Å². The summed E-state index contributed by atoms with van der Waals surface area (Å²) in [5.74, 6) is -0.0902. The third-order valence-corrected chi connectivity index (χ3v) is 6.70. The zero-order valence-corrected chi connectivity index (χ0v) is 21.9. The largest absolute Gasteiger partial charge is 0.497 e. The van der Waals surface area contributed by atoms with E-state index in [1.165, 1.54) is 0 Å². The Labute approximate surface area is 213 Å². The first-order valence-corrected chi connectivity index (χ1v) is 12.6. The monoisotopic (exact) mass is 489 g/mol. The lowest BCUT2D eigenvalue weighted by Crippen LogP contribution is -2.39. The van der Waals surface area contributed by atoms with Crippen molar-refractivity contribution in [3.63, 3.8) is 0 Å². The van der Waals surface area contributed by atoms with Crippen LogP contribution in [-0.4, -0.2) is 36.8 Å². The van der Waals surface area contributed by atoms with Crippen LogP contribution in [0, 0.1) is 5.92 Å². The van der Waals surface area contributed by atoms with Crippen LogP contribution in [-0.2, 0) is 14.3 Å². The maximum atomic E-state index is 13.8. The number of benzene rings is 2. The van der Waals surface area contributed by atoms with Gasteiger partial charge in [-0.05, 0) is 70.7 Å². The van der Waals surface area contributed by atoms with E-state index in [-0.39, 0.29) is 29.9 Å². The SMILES string of the molecule is COc1ccc([C@@H]2CC(=O)C3=C(C2)N=C(C)C(C(=O)OC(C)C)[C@@H]3c2ccccc2OC(C)C)cc1. The molecule has 6 heteroatoms. The van der Waals surface area contributed by atoms with Gasteiger partial charge in [-0.15, -0.1) is 0 Å². The van der Waals surface area contributed by atoms with Crippen molar-refractivity contribution in [3.05, 3.63) is 70.9 Å². The number of hydrogen-bond acceptors (Lipinski definition) is 6. The summed E-state index contributed by atoms with van der Waals surface area (Å²) in [6.45, 7) is 9.44. The topological polar surface area (TPSA) is 74.2 Å². The number of hydrogen-bond donors (Lipinski definition) is 0. The van der Waals surface area contributed by atoms with Gasteiger partial charge in [0.2, 0.25) is 0 Å². The minimum absolute atomic E-state index is 0.0139. The highest BCUT2D eigenvalue weighted by atomic mass is 16.5. The fraction of sp³-hybridized carbons (Fsp3) is 0.433. The van der Waals surface area contributed by atoms with Crippen LogP contribution < -0.4 is 9.47 Å². The molecule has 3 atom stereocenters. The van der Waals surface area contributed by atoms with E-state index >= 15 is 0 Å². The van der Waals surface area contributed by atoms with Crippen molar-refractivity contribution in [2.45, 2.75) is 71.5 Å². The summed E-state index contributed by atoms with van der Waals surface area (Å²) in [5.41, 5.74) is 3.91. The van der Waals surface area contributed by atoms with Crippen molar-refractivity contribution in [2.75, 3.05) is 7.11 Å². The minimum Gasteiger partial charge on any atom is -0.497 e. The molecule has 0 saturated heterocycles. The lowest BCUT2D eigenvalue weighted by Gasteiger charge is -2.37. The van der Waals surface area contributed by atoms with E-state index in [4.69, 9.17) is 19.2 Å². The highest BCUT2D eigenvalue weighted by Gasteiger charge is 2.46. The molecular formula is C30H35NO5. The third-order valence-electron chi connectivity index (χ3n) is 6.70. The molecule has 6 nitrogen and oxygen atoms in total. The van der Waals surface area contributed by atoms with E-state index < -0.39 is 11.8 Å². The molecule has 1 aliphatic heterocycles. The molecule has 1 heterocycles. The van der Waals surface area contributed by atoms with Crippen molar-refractivity contribution in [1.82, 2.24) is 0 Å². The number of para-hydroxylation sites is 1. The lowest BCUT2D eigenvalue weighted by molar-refractivity contribution is -0.150. The van der Waals surface area contributed by atoms with Crippen LogP contribution in [0.25, 0.3) is 0 Å². The van der Waals surface area contributed by atoms with Crippen LogP contribution in [0.1, 0.15) is 70.4 Å². The Kier molecular flexibility index (Phi) is 7.62. The molecule has 2 aromatic rings. The van der Waals surface area contributed by atoms with Crippen LogP contribution in [0.15, 0.2) is 64.8 Å². The predicted molar refractivity (Wildman–Crippen MR) is 140 cm³/mol. The van der Waals surface area contributed by atoms with Crippen LogP contribution in [0.5, 0.6) is 11.5 Å². The standard InChI is InChI=1S/C30H35NO5/c1-17(2)35-26-10-8-7-9-23(26)28-27(30(33)36-18(3)4)19(5)31-24-15-21(16-25(32)29(24)28)20-11-13-22(34-6)14-12-20/h7-14,17-18,21,27-28H,15-16H2,1-6H3/t21-,27?,28-/m0/s1. The second kappa shape index (κ2) is 10.7. The maximum absolute atomic E-state index is 13.8. The summed E-state index contributed by atoms with van der Waals surface area (Å²) in [6, 6.07) is 15.5. The fourth-order valence-electron chi connectivity index (χ4n) is 5.22. The molecule has 0 amide bonds. The number of methoxy groups -OCH3 is 1. The summed E-state index contributed by atoms with van der Waals surface area (Å²) in [4.78, 5) is 32.0. The third kappa shape index (κ3) is 5.23. The Balaban J connectivity index is 1.81. The average Bonchev–Trinajstić information content (AvgIpc) is 2.82. The van der Waals surface area contributed by atoms with E-state index in [0.717, 1.165) is 22.6 Å². The number of aliphatic imine (C=N–C) groups is 1. The first kappa shape index (κ1) is 25.7. The highest BCUT2D eigenvalue weighted by Crippen LogP contribution is 2.48. The molecule has 1 aliphatic carbocycles. The van der Waals surface area contributed by atoms with Gasteiger partial charge >= 0.3 is 5.97 Å². The van der Waals surface area contributed by atoms with E-state index in [9.17, 15) is 9.59 Å². The maximum Gasteiger partial charge on any atom is 0.315 e. The van der Waals surface area contributed by atoms with E-state index in [1.807, 2.05) is 83.1 Å². The second-order valence-corrected chi connectivity index (χ2v) is 10.1.